The van der Waals surface area contributed by atoms with Gasteiger partial charge in [0.15, 0.2) is 4.60 Å². The fourth-order valence-corrected chi connectivity index (χ4v) is 5.10. The molecule has 1 unspecified atom stereocenters. The van der Waals surface area contributed by atoms with E-state index in [9.17, 15) is 13.2 Å². The van der Waals surface area contributed by atoms with Crippen molar-refractivity contribution in [3.63, 3.8) is 0 Å². The van der Waals surface area contributed by atoms with E-state index in [2.05, 4.69) is 26.2 Å². The fraction of sp³-hybridized carbons (Fsp3) is 0.700. The summed E-state index contributed by atoms with van der Waals surface area (Å²) in [5.41, 5.74) is 0. The van der Waals surface area contributed by atoms with Gasteiger partial charge in [-0.25, -0.2) is 13.1 Å². The Kier molecular flexibility index (Phi) is 4.07. The molecule has 1 aliphatic rings. The van der Waals surface area contributed by atoms with Gasteiger partial charge in [-0.15, -0.1) is 5.10 Å². The lowest BCUT2D eigenvalue weighted by molar-refractivity contribution is -0.117. The molecule has 0 bridgehead atoms. The molecule has 0 saturated carbocycles. The first-order valence-electron chi connectivity index (χ1n) is 5.90. The van der Waals surface area contributed by atoms with Crippen LogP contribution < -0.4 is 0 Å². The van der Waals surface area contributed by atoms with Crippen LogP contribution in [0.15, 0.2) is 9.63 Å². The molecular weight excluding hydrogens is 336 g/mol. The van der Waals surface area contributed by atoms with Gasteiger partial charge in [0.1, 0.15) is 5.78 Å². The van der Waals surface area contributed by atoms with Crippen LogP contribution in [-0.4, -0.2) is 46.1 Å². The van der Waals surface area contributed by atoms with Crippen molar-refractivity contribution in [2.45, 2.75) is 37.3 Å². The van der Waals surface area contributed by atoms with Gasteiger partial charge in [-0.05, 0) is 35.7 Å². The van der Waals surface area contributed by atoms with Gasteiger partial charge in [-0.1, -0.05) is 5.21 Å². The minimum absolute atomic E-state index is 0.00528. The molecule has 2 rings (SSSR count). The van der Waals surface area contributed by atoms with Crippen molar-refractivity contribution in [2.75, 3.05) is 6.54 Å². The van der Waals surface area contributed by atoms with E-state index in [1.165, 1.54) is 23.0 Å². The molecule has 1 saturated heterocycles. The molecular formula is C10H15BrN4O3S. The second-order valence-electron chi connectivity index (χ2n) is 4.63. The van der Waals surface area contributed by atoms with E-state index in [1.807, 2.05) is 0 Å². The van der Waals surface area contributed by atoms with Gasteiger partial charge >= 0.3 is 0 Å². The van der Waals surface area contributed by atoms with E-state index < -0.39 is 10.0 Å². The van der Waals surface area contributed by atoms with Gasteiger partial charge in [0, 0.05) is 26.1 Å². The van der Waals surface area contributed by atoms with Gasteiger partial charge in [-0.3, -0.25) is 4.79 Å². The summed E-state index contributed by atoms with van der Waals surface area (Å²) >= 11 is 3.10. The lowest BCUT2D eigenvalue weighted by atomic mass is 10.1. The number of carbonyl (C=O) groups is 1. The Bertz CT molecular complexity index is 578. The van der Waals surface area contributed by atoms with Crippen molar-refractivity contribution in [2.24, 2.45) is 7.05 Å². The number of hydrogen-bond donors (Lipinski definition) is 0. The van der Waals surface area contributed by atoms with Crippen LogP contribution in [-0.2, 0) is 21.9 Å². The summed E-state index contributed by atoms with van der Waals surface area (Å²) in [6, 6.07) is -0.260. The first-order chi connectivity index (χ1) is 8.84. The summed E-state index contributed by atoms with van der Waals surface area (Å²) in [7, 11) is -2.15. The summed E-state index contributed by atoms with van der Waals surface area (Å²) in [4.78, 5) is 11.2. The lowest BCUT2D eigenvalue weighted by Gasteiger charge is -2.22. The Morgan fingerprint density at radius 2 is 2.21 bits per heavy atom. The number of aryl methyl sites for hydroxylation is 1. The van der Waals surface area contributed by atoms with Gasteiger partial charge < -0.3 is 0 Å². The quantitative estimate of drug-likeness (QED) is 0.798. The van der Waals surface area contributed by atoms with Crippen molar-refractivity contribution in [3.05, 3.63) is 4.60 Å². The monoisotopic (exact) mass is 350 g/mol. The van der Waals surface area contributed by atoms with Crippen LogP contribution >= 0.6 is 15.9 Å². The number of ketones is 1. The minimum Gasteiger partial charge on any atom is -0.300 e. The highest BCUT2D eigenvalue weighted by molar-refractivity contribution is 9.10. The smallest absolute Gasteiger partial charge is 0.263 e. The molecule has 1 fully saturated rings. The van der Waals surface area contributed by atoms with E-state index in [-0.39, 0.29) is 27.9 Å². The highest BCUT2D eigenvalue weighted by atomic mass is 79.9. The molecule has 1 aromatic heterocycles. The standard InChI is InChI=1S/C10H15BrN4O3S/c1-7(16)6-8-4-3-5-15(8)19(17,18)10-9(11)12-13-14(10)2/h8H,3-6H2,1-2H3. The first kappa shape index (κ1) is 14.6. The molecule has 2 heterocycles. The summed E-state index contributed by atoms with van der Waals surface area (Å²) in [5, 5.41) is 7.41. The Hall–Kier alpha value is -0.800. The maximum atomic E-state index is 12.6. The van der Waals surface area contributed by atoms with E-state index >= 15 is 0 Å². The molecule has 1 aliphatic heterocycles. The number of hydrogen-bond acceptors (Lipinski definition) is 5. The summed E-state index contributed by atoms with van der Waals surface area (Å²) in [6.07, 6.45) is 1.73. The molecule has 0 spiro atoms. The van der Waals surface area contributed by atoms with Crippen molar-refractivity contribution in [1.29, 1.82) is 0 Å². The Morgan fingerprint density at radius 3 is 2.74 bits per heavy atom. The SMILES string of the molecule is CC(=O)CC1CCCN1S(=O)(=O)c1c(Br)nnn1C. The van der Waals surface area contributed by atoms with E-state index in [4.69, 9.17) is 0 Å². The summed E-state index contributed by atoms with van der Waals surface area (Å²) in [5.74, 6) is -0.00528. The third-order valence-corrected chi connectivity index (χ3v) is 5.98. The van der Waals surface area contributed by atoms with Gasteiger partial charge in [0.25, 0.3) is 10.0 Å². The molecule has 0 aromatic carbocycles. The topological polar surface area (TPSA) is 85.2 Å². The van der Waals surface area contributed by atoms with Gasteiger partial charge in [0.05, 0.1) is 0 Å². The van der Waals surface area contributed by atoms with Crippen LogP contribution in [0, 0.1) is 0 Å². The number of Topliss-reactive ketones (excluding diaryl/α,β-unsaturated/α-hetero) is 1. The molecule has 1 aromatic rings. The highest BCUT2D eigenvalue weighted by Gasteiger charge is 2.38. The molecule has 19 heavy (non-hydrogen) atoms. The molecule has 7 nitrogen and oxygen atoms in total. The molecule has 0 radical (unpaired) electrons. The van der Waals surface area contributed by atoms with Crippen LogP contribution in [0.25, 0.3) is 0 Å². The third kappa shape index (κ3) is 2.72. The fourth-order valence-electron chi connectivity index (χ4n) is 2.37. The van der Waals surface area contributed by atoms with Crippen molar-refractivity contribution < 1.29 is 13.2 Å². The van der Waals surface area contributed by atoms with Crippen LogP contribution in [0.5, 0.6) is 0 Å². The number of carbonyl (C=O) groups excluding carboxylic acids is 1. The molecule has 0 N–H and O–H groups in total. The van der Waals surface area contributed by atoms with Crippen LogP contribution in [0.3, 0.4) is 0 Å². The van der Waals surface area contributed by atoms with Gasteiger partial charge in [-0.2, -0.15) is 4.31 Å². The van der Waals surface area contributed by atoms with E-state index in [1.54, 1.807) is 0 Å². The average Bonchev–Trinajstić information content (AvgIpc) is 2.85. The van der Waals surface area contributed by atoms with Crippen molar-refractivity contribution in [1.82, 2.24) is 19.3 Å². The first-order valence-corrected chi connectivity index (χ1v) is 8.14. The Morgan fingerprint density at radius 1 is 1.53 bits per heavy atom. The van der Waals surface area contributed by atoms with E-state index in [0.717, 1.165) is 6.42 Å². The lowest BCUT2D eigenvalue weighted by Crippen LogP contribution is -2.37. The molecule has 0 aliphatic carbocycles. The predicted octanol–water partition coefficient (Wildman–Crippen LogP) is 0.710. The van der Waals surface area contributed by atoms with Gasteiger partial charge in [0.2, 0.25) is 5.03 Å². The number of rotatable bonds is 4. The zero-order chi connectivity index (χ0) is 14.2. The zero-order valence-corrected chi connectivity index (χ0v) is 13.1. The maximum Gasteiger partial charge on any atom is 0.263 e. The zero-order valence-electron chi connectivity index (χ0n) is 10.7. The molecule has 0 amide bonds. The van der Waals surface area contributed by atoms with E-state index in [0.29, 0.717) is 13.0 Å². The predicted molar refractivity (Wildman–Crippen MR) is 70.9 cm³/mol. The number of aromatic nitrogens is 3. The summed E-state index contributed by atoms with van der Waals surface area (Å²) in [6.45, 7) is 1.91. The van der Waals surface area contributed by atoms with Crippen LogP contribution in [0.4, 0.5) is 0 Å². The minimum atomic E-state index is -3.68. The normalized spacial score (nSPS) is 20.9. The van der Waals surface area contributed by atoms with Crippen molar-refractivity contribution in [3.8, 4) is 0 Å². The second kappa shape index (κ2) is 5.29. The Labute approximate surface area is 120 Å². The van der Waals surface area contributed by atoms with Crippen LogP contribution in [0.2, 0.25) is 0 Å². The highest BCUT2D eigenvalue weighted by Crippen LogP contribution is 2.30. The van der Waals surface area contributed by atoms with Crippen molar-refractivity contribution >= 4 is 31.7 Å². The molecule has 106 valence electrons. The number of halogens is 1. The Balaban J connectivity index is 2.37. The average molecular weight is 351 g/mol. The number of nitrogens with zero attached hydrogens (tertiary/aromatic N) is 4. The summed E-state index contributed by atoms with van der Waals surface area (Å²) < 4.78 is 28.0. The maximum absolute atomic E-state index is 12.6. The molecule has 9 heteroatoms. The molecule has 1 atom stereocenters. The number of sulfonamides is 1. The largest absolute Gasteiger partial charge is 0.300 e. The third-order valence-electron chi connectivity index (χ3n) is 3.14. The van der Waals surface area contributed by atoms with Crippen LogP contribution in [0.1, 0.15) is 26.2 Å². The second-order valence-corrected chi connectivity index (χ2v) is 7.18.